The Bertz CT molecular complexity index is 312. The van der Waals surface area contributed by atoms with Gasteiger partial charge in [-0.2, -0.15) is 31.4 Å². The van der Waals surface area contributed by atoms with Crippen LogP contribution in [-0.2, 0) is 5.60 Å². The Hall–Kier alpha value is -1.25. The van der Waals surface area contributed by atoms with E-state index in [1.807, 2.05) is 0 Å². The molecule has 0 fully saturated rings. The molecule has 1 rings (SSSR count). The quantitative estimate of drug-likeness (QED) is 0.727. The smallest absolute Gasteiger partial charge is 0.368 e. The highest BCUT2D eigenvalue weighted by molar-refractivity contribution is 5.16. The lowest BCUT2D eigenvalue weighted by Gasteiger charge is -2.30. The van der Waals surface area contributed by atoms with E-state index in [1.54, 1.807) is 5.10 Å². The third-order valence-corrected chi connectivity index (χ3v) is 1.69. The van der Waals surface area contributed by atoms with Crippen LogP contribution in [0, 0.1) is 0 Å². The highest BCUT2D eigenvalue weighted by atomic mass is 19.4. The number of rotatable bonds is 1. The van der Waals surface area contributed by atoms with E-state index in [1.165, 1.54) is 0 Å². The fraction of sp³-hybridized carbons (Fsp3) is 0.500. The van der Waals surface area contributed by atoms with Gasteiger partial charge in [-0.3, -0.25) is 5.10 Å². The summed E-state index contributed by atoms with van der Waals surface area (Å²) in [5, 5.41) is 13.2. The van der Waals surface area contributed by atoms with Gasteiger partial charge in [-0.25, -0.2) is 0 Å². The number of aliphatic hydroxyl groups is 1. The minimum absolute atomic E-state index is 0.404. The van der Waals surface area contributed by atoms with Crippen LogP contribution in [0.25, 0.3) is 0 Å². The predicted molar refractivity (Wildman–Crippen MR) is 34.6 cm³/mol. The van der Waals surface area contributed by atoms with Crippen molar-refractivity contribution in [2.75, 3.05) is 0 Å². The Labute approximate surface area is 78.7 Å². The number of nitrogens with zero attached hydrogens (tertiary/aromatic N) is 1. The Morgan fingerprint density at radius 3 is 1.80 bits per heavy atom. The number of nitrogens with one attached hydrogen (secondary N) is 1. The van der Waals surface area contributed by atoms with Crippen LogP contribution < -0.4 is 0 Å². The van der Waals surface area contributed by atoms with Gasteiger partial charge in [-0.15, -0.1) is 0 Å². The molecule has 15 heavy (non-hydrogen) atoms. The van der Waals surface area contributed by atoms with Gasteiger partial charge in [0.2, 0.25) is 0 Å². The van der Waals surface area contributed by atoms with Gasteiger partial charge in [0, 0.05) is 6.20 Å². The van der Waals surface area contributed by atoms with Crippen LogP contribution in [0.2, 0.25) is 0 Å². The second kappa shape index (κ2) is 3.12. The maximum atomic E-state index is 12.1. The summed E-state index contributed by atoms with van der Waals surface area (Å²) in [6.07, 6.45) is -11.0. The summed E-state index contributed by atoms with van der Waals surface area (Å²) in [4.78, 5) is 0. The molecule has 86 valence electrons. The number of alkyl halides is 6. The molecule has 1 aromatic heterocycles. The zero-order valence-corrected chi connectivity index (χ0v) is 6.82. The van der Waals surface area contributed by atoms with E-state index in [-0.39, 0.29) is 0 Å². The third kappa shape index (κ3) is 1.66. The number of H-pyrrole nitrogens is 1. The van der Waals surface area contributed by atoms with Gasteiger partial charge in [-0.05, 0) is 6.07 Å². The molecule has 1 heterocycles. The molecule has 0 saturated carbocycles. The topological polar surface area (TPSA) is 48.9 Å². The van der Waals surface area contributed by atoms with Gasteiger partial charge in [0.05, 0.1) is 0 Å². The van der Waals surface area contributed by atoms with Crippen LogP contribution in [0.5, 0.6) is 0 Å². The molecule has 1 aromatic rings. The van der Waals surface area contributed by atoms with E-state index in [0.717, 1.165) is 6.20 Å². The molecule has 0 unspecified atom stereocenters. The highest BCUT2D eigenvalue weighted by Crippen LogP contribution is 2.49. The minimum atomic E-state index is -5.89. The third-order valence-electron chi connectivity index (χ3n) is 1.69. The lowest BCUT2D eigenvalue weighted by molar-refractivity contribution is -0.377. The van der Waals surface area contributed by atoms with Crippen LogP contribution in [0.3, 0.4) is 0 Å². The van der Waals surface area contributed by atoms with Gasteiger partial charge in [0.1, 0.15) is 5.69 Å². The van der Waals surface area contributed by atoms with Gasteiger partial charge in [0.15, 0.2) is 0 Å². The SMILES string of the molecule is OC(c1cc[nH]n1)(C(F)(F)F)C(F)(F)F. The maximum absolute atomic E-state index is 12.1. The van der Waals surface area contributed by atoms with Crippen LogP contribution >= 0.6 is 0 Å². The average Bonchev–Trinajstić information content (AvgIpc) is 2.49. The van der Waals surface area contributed by atoms with Crippen molar-refractivity contribution in [3.05, 3.63) is 18.0 Å². The molecule has 0 bridgehead atoms. The largest absolute Gasteiger partial charge is 0.432 e. The van der Waals surface area contributed by atoms with Gasteiger partial charge >= 0.3 is 18.0 Å². The molecule has 0 saturated heterocycles. The predicted octanol–water partition coefficient (Wildman–Crippen LogP) is 1.72. The fourth-order valence-corrected chi connectivity index (χ4v) is 0.913. The lowest BCUT2D eigenvalue weighted by atomic mass is 9.98. The summed E-state index contributed by atoms with van der Waals surface area (Å²) in [6.45, 7) is 0. The molecule has 0 amide bonds. The number of aromatic nitrogens is 2. The minimum Gasteiger partial charge on any atom is -0.368 e. The van der Waals surface area contributed by atoms with Gasteiger partial charge < -0.3 is 5.11 Å². The van der Waals surface area contributed by atoms with E-state index in [9.17, 15) is 26.3 Å². The number of halogens is 6. The number of hydrogen-bond acceptors (Lipinski definition) is 2. The van der Waals surface area contributed by atoms with Crippen LogP contribution in [0.4, 0.5) is 26.3 Å². The Morgan fingerprint density at radius 1 is 1.07 bits per heavy atom. The number of hydrogen-bond donors (Lipinski definition) is 2. The molecular weight excluding hydrogens is 230 g/mol. The van der Waals surface area contributed by atoms with E-state index >= 15 is 0 Å². The fourth-order valence-electron chi connectivity index (χ4n) is 0.913. The van der Waals surface area contributed by atoms with Crippen molar-refractivity contribution < 1.29 is 31.4 Å². The molecular formula is C6H4F6N2O. The molecule has 3 nitrogen and oxygen atoms in total. The van der Waals surface area contributed by atoms with E-state index in [4.69, 9.17) is 5.11 Å². The molecule has 0 radical (unpaired) electrons. The lowest BCUT2D eigenvalue weighted by Crippen LogP contribution is -2.54. The maximum Gasteiger partial charge on any atom is 0.432 e. The molecule has 0 aliphatic carbocycles. The molecule has 0 aliphatic rings. The first-order valence-electron chi connectivity index (χ1n) is 3.47. The van der Waals surface area contributed by atoms with Crippen molar-refractivity contribution in [2.45, 2.75) is 18.0 Å². The standard InChI is InChI=1S/C6H4F6N2O/c7-5(8,9)4(15,6(10,11)12)3-1-2-13-14-3/h1-2,15H,(H,13,14). The average molecular weight is 234 g/mol. The van der Waals surface area contributed by atoms with Crippen LogP contribution in [0.15, 0.2) is 12.3 Å². The van der Waals surface area contributed by atoms with E-state index in [0.29, 0.717) is 6.07 Å². The van der Waals surface area contributed by atoms with E-state index in [2.05, 4.69) is 5.10 Å². The van der Waals surface area contributed by atoms with Gasteiger partial charge in [-0.1, -0.05) is 0 Å². The molecule has 0 aliphatic heterocycles. The summed E-state index contributed by atoms with van der Waals surface area (Å²) in [5.41, 5.74) is -6.48. The Kier molecular flexibility index (Phi) is 2.46. The van der Waals surface area contributed by atoms with Crippen molar-refractivity contribution in [3.8, 4) is 0 Å². The van der Waals surface area contributed by atoms with Crippen molar-refractivity contribution >= 4 is 0 Å². The van der Waals surface area contributed by atoms with Crippen molar-refractivity contribution in [3.63, 3.8) is 0 Å². The molecule has 0 spiro atoms. The molecule has 9 heteroatoms. The first-order chi connectivity index (χ1) is 6.61. The molecule has 2 N–H and O–H groups in total. The van der Waals surface area contributed by atoms with E-state index < -0.39 is 23.6 Å². The Morgan fingerprint density at radius 2 is 1.53 bits per heavy atom. The van der Waals surface area contributed by atoms with Crippen molar-refractivity contribution in [1.82, 2.24) is 10.2 Å². The molecule has 0 aromatic carbocycles. The zero-order valence-electron chi connectivity index (χ0n) is 6.82. The summed E-state index contributed by atoms with van der Waals surface area (Å²) in [5.74, 6) is 0. The Balaban J connectivity index is 3.33. The first kappa shape index (κ1) is 11.8. The zero-order chi connectivity index (χ0) is 11.9. The van der Waals surface area contributed by atoms with Crippen molar-refractivity contribution in [2.24, 2.45) is 0 Å². The summed E-state index contributed by atoms with van der Waals surface area (Å²) in [7, 11) is 0. The normalized spacial score (nSPS) is 14.3. The number of aromatic amines is 1. The first-order valence-corrected chi connectivity index (χ1v) is 3.47. The van der Waals surface area contributed by atoms with Crippen LogP contribution in [0.1, 0.15) is 5.69 Å². The van der Waals surface area contributed by atoms with Gasteiger partial charge in [0.25, 0.3) is 0 Å². The highest BCUT2D eigenvalue weighted by Gasteiger charge is 2.72. The molecule has 0 atom stereocenters. The monoisotopic (exact) mass is 234 g/mol. The van der Waals surface area contributed by atoms with Crippen LogP contribution in [-0.4, -0.2) is 27.7 Å². The van der Waals surface area contributed by atoms with Crippen molar-refractivity contribution in [1.29, 1.82) is 0 Å². The summed E-state index contributed by atoms with van der Waals surface area (Å²) >= 11 is 0. The second-order valence-corrected chi connectivity index (χ2v) is 2.67. The summed E-state index contributed by atoms with van der Waals surface area (Å²) < 4.78 is 72.8. The summed E-state index contributed by atoms with van der Waals surface area (Å²) in [6, 6.07) is 0.404. The second-order valence-electron chi connectivity index (χ2n) is 2.67.